The van der Waals surface area contributed by atoms with Crippen LogP contribution >= 0.6 is 11.8 Å². The summed E-state index contributed by atoms with van der Waals surface area (Å²) in [5, 5.41) is 17.4. The third-order valence-electron chi connectivity index (χ3n) is 4.18. The van der Waals surface area contributed by atoms with Gasteiger partial charge in [-0.25, -0.2) is 9.07 Å². The van der Waals surface area contributed by atoms with Crippen molar-refractivity contribution < 1.29 is 14.3 Å². The number of halogens is 1. The van der Waals surface area contributed by atoms with Gasteiger partial charge >= 0.3 is 0 Å². The number of aliphatic hydroxyl groups is 1. The Labute approximate surface area is 144 Å². The van der Waals surface area contributed by atoms with Crippen molar-refractivity contribution in [2.75, 3.05) is 18.1 Å². The van der Waals surface area contributed by atoms with Crippen molar-refractivity contribution in [2.24, 2.45) is 0 Å². The third-order valence-corrected chi connectivity index (χ3v) is 5.41. The van der Waals surface area contributed by atoms with Crippen LogP contribution < -0.4 is 5.32 Å². The quantitative estimate of drug-likeness (QED) is 0.868. The topological polar surface area (TPSA) is 67.2 Å². The van der Waals surface area contributed by atoms with E-state index < -0.39 is 5.60 Å². The summed E-state index contributed by atoms with van der Waals surface area (Å²) in [7, 11) is 0. The van der Waals surface area contributed by atoms with E-state index in [9.17, 15) is 14.3 Å². The molecule has 1 atom stereocenters. The molecular formula is C17H20FN3O2S. The fraction of sp³-hybridized carbons (Fsp3) is 0.412. The number of carbonyl (C=O) groups excluding carboxylic acids is 1. The Morgan fingerprint density at radius 2 is 2.21 bits per heavy atom. The molecule has 2 N–H and O–H groups in total. The lowest BCUT2D eigenvalue weighted by Gasteiger charge is -2.21. The zero-order valence-electron chi connectivity index (χ0n) is 13.5. The van der Waals surface area contributed by atoms with Crippen LogP contribution in [0.3, 0.4) is 0 Å². The summed E-state index contributed by atoms with van der Waals surface area (Å²) in [5.41, 5.74) is 1.13. The normalized spacial score (nSPS) is 20.3. The Balaban J connectivity index is 1.78. The molecule has 1 aliphatic rings. The van der Waals surface area contributed by atoms with Gasteiger partial charge in [0.1, 0.15) is 5.82 Å². The van der Waals surface area contributed by atoms with Gasteiger partial charge in [0, 0.05) is 12.3 Å². The number of nitrogens with zero attached hydrogens (tertiary/aromatic N) is 2. The molecule has 1 fully saturated rings. The summed E-state index contributed by atoms with van der Waals surface area (Å²) in [6, 6.07) is 5.98. The van der Waals surface area contributed by atoms with Crippen molar-refractivity contribution in [3.05, 3.63) is 47.5 Å². The molecule has 24 heavy (non-hydrogen) atoms. The van der Waals surface area contributed by atoms with E-state index in [0.29, 0.717) is 29.8 Å². The first-order valence-electron chi connectivity index (χ1n) is 7.93. The van der Waals surface area contributed by atoms with Crippen molar-refractivity contribution in [2.45, 2.75) is 25.4 Å². The van der Waals surface area contributed by atoms with Crippen LogP contribution in [0.1, 0.15) is 29.4 Å². The Morgan fingerprint density at radius 3 is 2.83 bits per heavy atom. The van der Waals surface area contributed by atoms with Gasteiger partial charge in [-0.3, -0.25) is 4.79 Å². The summed E-state index contributed by atoms with van der Waals surface area (Å²) >= 11 is 1.69. The van der Waals surface area contributed by atoms with Gasteiger partial charge in [-0.15, -0.1) is 0 Å². The van der Waals surface area contributed by atoms with Crippen LogP contribution in [0.4, 0.5) is 4.39 Å². The van der Waals surface area contributed by atoms with Crippen LogP contribution in [-0.2, 0) is 6.42 Å². The average Bonchev–Trinajstić information content (AvgIpc) is 3.20. The monoisotopic (exact) mass is 349 g/mol. The van der Waals surface area contributed by atoms with Gasteiger partial charge in [0.05, 0.1) is 28.7 Å². The van der Waals surface area contributed by atoms with E-state index in [0.717, 1.165) is 11.4 Å². The Hall–Kier alpha value is -1.86. The molecule has 2 heterocycles. The first-order chi connectivity index (χ1) is 11.5. The molecule has 0 spiro atoms. The average molecular weight is 349 g/mol. The van der Waals surface area contributed by atoms with Gasteiger partial charge in [-0.1, -0.05) is 6.92 Å². The van der Waals surface area contributed by atoms with Gasteiger partial charge in [0.25, 0.3) is 5.91 Å². The van der Waals surface area contributed by atoms with Crippen LogP contribution in [0.25, 0.3) is 5.69 Å². The van der Waals surface area contributed by atoms with Crippen molar-refractivity contribution >= 4 is 17.7 Å². The van der Waals surface area contributed by atoms with Gasteiger partial charge < -0.3 is 10.4 Å². The fourth-order valence-electron chi connectivity index (χ4n) is 2.78. The van der Waals surface area contributed by atoms with Crippen molar-refractivity contribution in [3.63, 3.8) is 0 Å². The van der Waals surface area contributed by atoms with Crippen LogP contribution in [0.15, 0.2) is 30.5 Å². The lowest BCUT2D eigenvalue weighted by Crippen LogP contribution is -2.43. The summed E-state index contributed by atoms with van der Waals surface area (Å²) in [6.07, 6.45) is 2.82. The Kier molecular flexibility index (Phi) is 4.91. The number of aromatic nitrogens is 2. The number of hydrogen-bond acceptors (Lipinski definition) is 4. The van der Waals surface area contributed by atoms with Crippen LogP contribution in [0.2, 0.25) is 0 Å². The van der Waals surface area contributed by atoms with Gasteiger partial charge in [0.15, 0.2) is 0 Å². The lowest BCUT2D eigenvalue weighted by molar-refractivity contribution is 0.0612. The van der Waals surface area contributed by atoms with Crippen molar-refractivity contribution in [1.82, 2.24) is 15.1 Å². The number of rotatable bonds is 5. The molecule has 0 saturated carbocycles. The van der Waals surface area contributed by atoms with E-state index >= 15 is 0 Å². The van der Waals surface area contributed by atoms with Gasteiger partial charge in [-0.05, 0) is 42.9 Å². The fourth-order valence-corrected chi connectivity index (χ4v) is 4.08. The molecule has 5 nitrogen and oxygen atoms in total. The van der Waals surface area contributed by atoms with Crippen molar-refractivity contribution in [3.8, 4) is 5.69 Å². The largest absolute Gasteiger partial charge is 0.387 e. The van der Waals surface area contributed by atoms with E-state index in [1.54, 1.807) is 28.6 Å². The maximum atomic E-state index is 13.1. The first kappa shape index (κ1) is 17.0. The molecule has 1 aromatic carbocycles. The minimum Gasteiger partial charge on any atom is -0.387 e. The van der Waals surface area contributed by atoms with Crippen LogP contribution in [0, 0.1) is 5.82 Å². The maximum absolute atomic E-state index is 13.1. The number of amides is 1. The summed E-state index contributed by atoms with van der Waals surface area (Å²) in [5.74, 6) is 0.993. The van der Waals surface area contributed by atoms with E-state index in [-0.39, 0.29) is 18.3 Å². The molecular weight excluding hydrogens is 329 g/mol. The molecule has 1 amide bonds. The summed E-state index contributed by atoms with van der Waals surface area (Å²) < 4.78 is 14.7. The molecule has 0 aliphatic carbocycles. The number of nitrogens with one attached hydrogen (secondary N) is 1. The third kappa shape index (κ3) is 3.47. The predicted molar refractivity (Wildman–Crippen MR) is 92.1 cm³/mol. The molecule has 3 rings (SSSR count). The van der Waals surface area contributed by atoms with E-state index in [1.165, 1.54) is 18.3 Å². The number of carbonyl (C=O) groups is 1. The standard InChI is InChI=1S/C17H20FN3O2S/c1-2-15-14(16(22)19-10-17(23)7-8-24-11-17)9-20-21(15)13-5-3-12(18)4-6-13/h3-6,9,23H,2,7-8,10-11H2,1H3,(H,19,22). The van der Waals surface area contributed by atoms with Gasteiger partial charge in [0.2, 0.25) is 0 Å². The highest BCUT2D eigenvalue weighted by atomic mass is 32.2. The molecule has 128 valence electrons. The summed E-state index contributed by atoms with van der Waals surface area (Å²) in [6.45, 7) is 2.18. The minimum atomic E-state index is -0.820. The highest BCUT2D eigenvalue weighted by Crippen LogP contribution is 2.27. The first-order valence-corrected chi connectivity index (χ1v) is 9.09. The second-order valence-corrected chi connectivity index (χ2v) is 7.06. The van der Waals surface area contributed by atoms with Crippen molar-refractivity contribution in [1.29, 1.82) is 0 Å². The lowest BCUT2D eigenvalue weighted by atomic mass is 10.0. The number of benzene rings is 1. The number of hydrogen-bond donors (Lipinski definition) is 2. The summed E-state index contributed by atoms with van der Waals surface area (Å²) in [4.78, 5) is 12.5. The smallest absolute Gasteiger partial charge is 0.254 e. The molecule has 1 saturated heterocycles. The Morgan fingerprint density at radius 1 is 1.46 bits per heavy atom. The molecule has 0 radical (unpaired) electrons. The highest BCUT2D eigenvalue weighted by Gasteiger charge is 2.32. The predicted octanol–water partition coefficient (Wildman–Crippen LogP) is 2.17. The van der Waals surface area contributed by atoms with E-state index in [1.807, 2.05) is 6.92 Å². The zero-order chi connectivity index (χ0) is 17.2. The molecule has 7 heteroatoms. The van der Waals surface area contributed by atoms with Gasteiger partial charge in [-0.2, -0.15) is 16.9 Å². The SMILES string of the molecule is CCc1c(C(=O)NCC2(O)CCSC2)cnn1-c1ccc(F)cc1. The second-order valence-electron chi connectivity index (χ2n) is 5.96. The molecule has 1 aromatic heterocycles. The zero-order valence-corrected chi connectivity index (χ0v) is 14.3. The number of thioether (sulfide) groups is 1. The van der Waals surface area contributed by atoms with E-state index in [2.05, 4.69) is 10.4 Å². The highest BCUT2D eigenvalue weighted by molar-refractivity contribution is 7.99. The molecule has 1 aliphatic heterocycles. The Bertz CT molecular complexity index is 724. The van der Waals surface area contributed by atoms with Crippen LogP contribution in [0.5, 0.6) is 0 Å². The van der Waals surface area contributed by atoms with Crippen LogP contribution in [-0.4, -0.2) is 44.4 Å². The second kappa shape index (κ2) is 6.94. The molecule has 1 unspecified atom stereocenters. The molecule has 2 aromatic rings. The molecule has 0 bridgehead atoms. The van der Waals surface area contributed by atoms with E-state index in [4.69, 9.17) is 0 Å². The minimum absolute atomic E-state index is 0.240. The maximum Gasteiger partial charge on any atom is 0.254 e.